The van der Waals surface area contributed by atoms with Crippen molar-refractivity contribution in [2.24, 2.45) is 33.0 Å². The lowest BCUT2D eigenvalue weighted by atomic mass is 9.34. The highest BCUT2D eigenvalue weighted by Crippen LogP contribution is 2.75. The molecule has 0 aromatic heterocycles. The SMILES string of the molecule is CC1=C(O)C(=O)C=C2C1=CC=C1[C@@]2(C)CC[C@@]2(C)[C@@H]3C[C@](C)(C(=O)OCCCOC(=O)/C(C#N)=C/c4ccccc4)CC[C@]3(C)CC[C@]12C. The van der Waals surface area contributed by atoms with Crippen LogP contribution >= 0.6 is 0 Å². The van der Waals surface area contributed by atoms with Crippen molar-refractivity contribution < 1.29 is 29.0 Å². The molecule has 0 aliphatic heterocycles. The molecule has 3 fully saturated rings. The summed E-state index contributed by atoms with van der Waals surface area (Å²) in [6.45, 7) is 13.6. The number of hydrogen-bond acceptors (Lipinski definition) is 7. The Morgan fingerprint density at radius 2 is 1.65 bits per heavy atom. The number of nitriles is 1. The Bertz CT molecular complexity index is 1790. The number of hydrogen-bond donors (Lipinski definition) is 1. The summed E-state index contributed by atoms with van der Waals surface area (Å²) in [6, 6.07) is 11.0. The second-order valence-corrected chi connectivity index (χ2v) is 16.3. The van der Waals surface area contributed by atoms with Crippen LogP contribution in [-0.2, 0) is 23.9 Å². The first-order valence-corrected chi connectivity index (χ1v) is 17.7. The summed E-state index contributed by atoms with van der Waals surface area (Å²) in [6.07, 6.45) is 14.4. The first kappa shape index (κ1) is 34.7. The van der Waals surface area contributed by atoms with Gasteiger partial charge in [0.2, 0.25) is 5.78 Å². The summed E-state index contributed by atoms with van der Waals surface area (Å²) < 4.78 is 11.2. The van der Waals surface area contributed by atoms with Crippen LogP contribution in [0, 0.1) is 44.3 Å². The van der Waals surface area contributed by atoms with Gasteiger partial charge in [0.15, 0.2) is 5.76 Å². The average Bonchev–Trinajstić information content (AvgIpc) is 3.08. The van der Waals surface area contributed by atoms with Crippen molar-refractivity contribution in [3.63, 3.8) is 0 Å². The predicted molar refractivity (Wildman–Crippen MR) is 187 cm³/mol. The van der Waals surface area contributed by atoms with E-state index in [4.69, 9.17) is 9.47 Å². The van der Waals surface area contributed by atoms with E-state index < -0.39 is 11.4 Å². The van der Waals surface area contributed by atoms with Gasteiger partial charge in [-0.2, -0.15) is 5.26 Å². The molecule has 5 aliphatic carbocycles. The maximum atomic E-state index is 13.8. The molecule has 0 radical (unpaired) electrons. The third kappa shape index (κ3) is 5.52. The van der Waals surface area contributed by atoms with Crippen molar-refractivity contribution in [2.45, 2.75) is 92.9 Å². The zero-order valence-corrected chi connectivity index (χ0v) is 29.8. The van der Waals surface area contributed by atoms with Gasteiger partial charge >= 0.3 is 11.9 Å². The maximum Gasteiger partial charge on any atom is 0.348 e. The Morgan fingerprint density at radius 3 is 2.37 bits per heavy atom. The molecule has 1 N–H and O–H groups in total. The number of benzene rings is 1. The predicted octanol–water partition coefficient (Wildman–Crippen LogP) is 8.70. The fourth-order valence-electron chi connectivity index (χ4n) is 10.1. The number of rotatable bonds is 7. The van der Waals surface area contributed by atoms with Crippen LogP contribution in [0.5, 0.6) is 0 Å². The minimum atomic E-state index is -0.690. The molecule has 1 aromatic carbocycles. The zero-order valence-electron chi connectivity index (χ0n) is 29.8. The zero-order chi connectivity index (χ0) is 35.4. The number of esters is 2. The van der Waals surface area contributed by atoms with Crippen molar-refractivity contribution in [3.05, 3.63) is 87.7 Å². The highest BCUT2D eigenvalue weighted by Gasteiger charge is 2.67. The molecule has 0 unspecified atom stereocenters. The standard InChI is InChI=1S/C42H49NO6/c1-27-30-13-14-33-40(4,31(30)24-32(44)35(27)45)18-20-42(6)34-25-39(3,16-15-38(34,2)17-19-41(33,42)5)37(47)49-22-10-21-48-36(46)29(26-43)23-28-11-8-7-9-12-28/h7-9,11-14,23-24,34,45H,10,15-22,25H2,1-6H3/b29-23+/t34-,38-,39-,40+,41-,42+/m1/s1. The van der Waals surface area contributed by atoms with E-state index in [2.05, 4.69) is 46.8 Å². The molecule has 6 rings (SSSR count). The number of aliphatic hydroxyl groups is 1. The molecule has 0 saturated heterocycles. The number of carbonyl (C=O) groups is 3. The molecule has 7 nitrogen and oxygen atoms in total. The number of carbonyl (C=O) groups excluding carboxylic acids is 3. The minimum Gasteiger partial charge on any atom is -0.504 e. The van der Waals surface area contributed by atoms with Gasteiger partial charge in [-0.25, -0.2) is 4.79 Å². The van der Waals surface area contributed by atoms with E-state index in [1.165, 1.54) is 11.6 Å². The van der Waals surface area contributed by atoms with E-state index >= 15 is 0 Å². The molecule has 1 aromatic rings. The van der Waals surface area contributed by atoms with Gasteiger partial charge in [-0.3, -0.25) is 9.59 Å². The Balaban J connectivity index is 1.14. The van der Waals surface area contributed by atoms with Gasteiger partial charge in [0, 0.05) is 17.4 Å². The quantitative estimate of drug-likeness (QED) is 0.134. The van der Waals surface area contributed by atoms with Gasteiger partial charge in [-0.15, -0.1) is 0 Å². The van der Waals surface area contributed by atoms with Gasteiger partial charge in [-0.05, 0) is 110 Å². The third-order valence-electron chi connectivity index (χ3n) is 13.6. The van der Waals surface area contributed by atoms with Crippen molar-refractivity contribution in [1.29, 1.82) is 5.26 Å². The van der Waals surface area contributed by atoms with Crippen molar-refractivity contribution in [2.75, 3.05) is 13.2 Å². The molecular formula is C42H49NO6. The molecule has 49 heavy (non-hydrogen) atoms. The fourth-order valence-corrected chi connectivity index (χ4v) is 10.1. The summed E-state index contributed by atoms with van der Waals surface area (Å²) in [5.74, 6) is -1.06. The number of nitrogens with zero attached hydrogens (tertiary/aromatic N) is 1. The van der Waals surface area contributed by atoms with Crippen LogP contribution < -0.4 is 0 Å². The van der Waals surface area contributed by atoms with Crippen molar-refractivity contribution >= 4 is 23.8 Å². The normalized spacial score (nSPS) is 35.3. The Hall–Kier alpha value is -4.18. The number of ether oxygens (including phenoxy) is 2. The maximum absolute atomic E-state index is 13.8. The van der Waals surface area contributed by atoms with Crippen LogP contribution in [0.2, 0.25) is 0 Å². The third-order valence-corrected chi connectivity index (χ3v) is 13.6. The minimum absolute atomic E-state index is 0.0504. The van der Waals surface area contributed by atoms with E-state index in [0.29, 0.717) is 17.9 Å². The molecule has 6 atom stereocenters. The molecule has 0 amide bonds. The molecule has 258 valence electrons. The first-order valence-electron chi connectivity index (χ1n) is 17.7. The molecule has 0 heterocycles. The lowest BCUT2D eigenvalue weighted by molar-refractivity contribution is -0.182. The molecule has 0 bridgehead atoms. The second kappa shape index (κ2) is 12.3. The lowest BCUT2D eigenvalue weighted by Crippen LogP contribution is -2.62. The monoisotopic (exact) mass is 663 g/mol. The number of aliphatic hydroxyl groups excluding tert-OH is 1. The first-order chi connectivity index (χ1) is 23.1. The molecule has 3 saturated carbocycles. The Labute approximate surface area is 290 Å². The summed E-state index contributed by atoms with van der Waals surface area (Å²) in [7, 11) is 0. The molecule has 0 spiro atoms. The van der Waals surface area contributed by atoms with Gasteiger partial charge < -0.3 is 14.6 Å². The van der Waals surface area contributed by atoms with E-state index in [1.807, 2.05) is 31.2 Å². The van der Waals surface area contributed by atoms with Crippen LogP contribution in [-0.4, -0.2) is 36.0 Å². The topological polar surface area (TPSA) is 114 Å². The summed E-state index contributed by atoms with van der Waals surface area (Å²) in [5.41, 5.74) is 3.68. The van der Waals surface area contributed by atoms with E-state index in [0.717, 1.165) is 61.7 Å². The van der Waals surface area contributed by atoms with Crippen molar-refractivity contribution in [3.8, 4) is 6.07 Å². The number of allylic oxidation sites excluding steroid dienone is 7. The van der Waals surface area contributed by atoms with Gasteiger partial charge in [-0.1, -0.05) is 75.8 Å². The van der Waals surface area contributed by atoms with E-state index in [-0.39, 0.29) is 58.0 Å². The molecular weight excluding hydrogens is 614 g/mol. The van der Waals surface area contributed by atoms with Crippen LogP contribution in [0.25, 0.3) is 6.08 Å². The van der Waals surface area contributed by atoms with Gasteiger partial charge in [0.1, 0.15) is 11.6 Å². The highest BCUT2D eigenvalue weighted by atomic mass is 16.5. The van der Waals surface area contributed by atoms with Crippen LogP contribution in [0.15, 0.2) is 82.2 Å². The fraction of sp³-hybridized carbons (Fsp3) is 0.524. The van der Waals surface area contributed by atoms with Crippen LogP contribution in [0.3, 0.4) is 0 Å². The van der Waals surface area contributed by atoms with Gasteiger partial charge in [0.05, 0.1) is 18.6 Å². The highest BCUT2D eigenvalue weighted by molar-refractivity contribution is 6.06. The summed E-state index contributed by atoms with van der Waals surface area (Å²) in [5, 5.41) is 19.9. The number of ketones is 1. The largest absolute Gasteiger partial charge is 0.504 e. The van der Waals surface area contributed by atoms with Crippen molar-refractivity contribution in [1.82, 2.24) is 0 Å². The summed E-state index contributed by atoms with van der Waals surface area (Å²) in [4.78, 5) is 39.0. The number of fused-ring (bicyclic) bond motifs is 7. The van der Waals surface area contributed by atoms with E-state index in [9.17, 15) is 24.8 Å². The Morgan fingerprint density at radius 1 is 0.959 bits per heavy atom. The van der Waals surface area contributed by atoms with Crippen LogP contribution in [0.1, 0.15) is 98.5 Å². The van der Waals surface area contributed by atoms with Crippen LogP contribution in [0.4, 0.5) is 0 Å². The van der Waals surface area contributed by atoms with E-state index in [1.54, 1.807) is 18.2 Å². The van der Waals surface area contributed by atoms with Gasteiger partial charge in [0.25, 0.3) is 0 Å². The lowest BCUT2D eigenvalue weighted by Gasteiger charge is -2.70. The molecule has 7 heteroatoms. The average molecular weight is 664 g/mol. The molecule has 5 aliphatic rings. The summed E-state index contributed by atoms with van der Waals surface area (Å²) >= 11 is 0. The smallest absolute Gasteiger partial charge is 0.348 e. The second-order valence-electron chi connectivity index (χ2n) is 16.3. The Kier molecular flexibility index (Phi) is 8.70.